The lowest BCUT2D eigenvalue weighted by molar-refractivity contribution is 0.0767. The number of hydrogen-bond acceptors (Lipinski definition) is 6. The third kappa shape index (κ3) is 4.20. The van der Waals surface area contributed by atoms with Gasteiger partial charge in [0.25, 0.3) is 5.91 Å². The van der Waals surface area contributed by atoms with Crippen molar-refractivity contribution in [1.82, 2.24) is 25.2 Å². The van der Waals surface area contributed by atoms with Gasteiger partial charge in [-0.25, -0.2) is 9.97 Å². The zero-order valence-corrected chi connectivity index (χ0v) is 20.6. The number of aryl methyl sites for hydroxylation is 1. The Balaban J connectivity index is 1.30. The molecule has 2 aliphatic rings. The van der Waals surface area contributed by atoms with Crippen LogP contribution in [0, 0.1) is 6.92 Å². The monoisotopic (exact) mass is 479 g/mol. The number of likely N-dealkylation sites (N-methyl/N-ethyl adjacent to an activating group) is 1. The number of hydrogen-bond donors (Lipinski definition) is 1. The summed E-state index contributed by atoms with van der Waals surface area (Å²) in [5, 5.41) is 4.40. The van der Waals surface area contributed by atoms with Gasteiger partial charge in [-0.2, -0.15) is 0 Å². The maximum absolute atomic E-state index is 13.6. The van der Waals surface area contributed by atoms with Crippen molar-refractivity contribution in [3.63, 3.8) is 0 Å². The fourth-order valence-corrected chi connectivity index (χ4v) is 4.94. The summed E-state index contributed by atoms with van der Waals surface area (Å²) in [6, 6.07) is 16.1. The zero-order chi connectivity index (χ0) is 24.7. The van der Waals surface area contributed by atoms with Crippen LogP contribution in [-0.4, -0.2) is 52.0 Å². The molecule has 1 unspecified atom stereocenters. The first-order valence-electron chi connectivity index (χ1n) is 12.5. The molecule has 1 amide bonds. The predicted molar refractivity (Wildman–Crippen MR) is 139 cm³/mol. The molecule has 7 heteroatoms. The van der Waals surface area contributed by atoms with Crippen molar-refractivity contribution in [1.29, 1.82) is 0 Å². The van der Waals surface area contributed by atoms with E-state index >= 15 is 0 Å². The predicted octanol–water partition coefficient (Wildman–Crippen LogP) is 4.50. The number of rotatable bonds is 7. The van der Waals surface area contributed by atoms with E-state index in [2.05, 4.69) is 44.3 Å². The van der Waals surface area contributed by atoms with E-state index in [-0.39, 0.29) is 5.91 Å². The van der Waals surface area contributed by atoms with Crippen LogP contribution in [0.2, 0.25) is 0 Å². The van der Waals surface area contributed by atoms with Gasteiger partial charge in [-0.15, -0.1) is 0 Å². The molecule has 2 aromatic heterocycles. The highest BCUT2D eigenvalue weighted by Gasteiger charge is 2.47. The molecule has 0 bridgehead atoms. The topological polar surface area (TPSA) is 80.2 Å². The lowest BCUT2D eigenvalue weighted by Gasteiger charge is -2.37. The van der Waals surface area contributed by atoms with Gasteiger partial charge < -0.3 is 10.1 Å². The summed E-state index contributed by atoms with van der Waals surface area (Å²) >= 11 is 0. The molecule has 6 rings (SSSR count). The molecule has 4 aromatic rings. The van der Waals surface area contributed by atoms with Crippen molar-refractivity contribution < 1.29 is 9.53 Å². The SMILES string of the molecule is Cc1ccc(OCC2CCN2C)cc1C(=O)NC1(c2cc(-c3ncccn3)cc3ncccc23)CC1. The van der Waals surface area contributed by atoms with Crippen LogP contribution in [0.5, 0.6) is 5.75 Å². The normalized spacial score (nSPS) is 18.4. The molecule has 2 aromatic carbocycles. The van der Waals surface area contributed by atoms with Crippen LogP contribution >= 0.6 is 0 Å². The number of amides is 1. The molecule has 1 atom stereocenters. The number of nitrogens with zero attached hydrogens (tertiary/aromatic N) is 4. The Morgan fingerprint density at radius 2 is 1.89 bits per heavy atom. The summed E-state index contributed by atoms with van der Waals surface area (Å²) in [4.78, 5) is 29.3. The number of ether oxygens (including phenoxy) is 1. The van der Waals surface area contributed by atoms with Crippen molar-refractivity contribution in [3.05, 3.63) is 83.8 Å². The molecule has 3 heterocycles. The maximum atomic E-state index is 13.6. The molecular formula is C29H29N5O2. The zero-order valence-electron chi connectivity index (χ0n) is 20.6. The van der Waals surface area contributed by atoms with E-state index in [1.165, 1.54) is 0 Å². The first-order chi connectivity index (χ1) is 17.5. The van der Waals surface area contributed by atoms with Gasteiger partial charge in [0.15, 0.2) is 5.82 Å². The maximum Gasteiger partial charge on any atom is 0.252 e. The lowest BCUT2D eigenvalue weighted by Crippen LogP contribution is -2.48. The third-order valence-corrected chi connectivity index (χ3v) is 7.50. The van der Waals surface area contributed by atoms with E-state index in [0.29, 0.717) is 24.0 Å². The van der Waals surface area contributed by atoms with Crippen molar-refractivity contribution >= 4 is 16.8 Å². The van der Waals surface area contributed by atoms with Gasteiger partial charge in [0.1, 0.15) is 12.4 Å². The minimum atomic E-state index is -0.443. The Hall–Kier alpha value is -3.84. The number of carbonyl (C=O) groups is 1. The van der Waals surface area contributed by atoms with E-state index < -0.39 is 5.54 Å². The van der Waals surface area contributed by atoms with Gasteiger partial charge in [-0.05, 0) is 87.3 Å². The Morgan fingerprint density at radius 3 is 2.61 bits per heavy atom. The van der Waals surface area contributed by atoms with Crippen LogP contribution in [0.15, 0.2) is 67.1 Å². The average Bonchev–Trinajstić information content (AvgIpc) is 3.68. The van der Waals surface area contributed by atoms with Gasteiger partial charge in [-0.3, -0.25) is 14.7 Å². The first-order valence-corrected chi connectivity index (χ1v) is 12.5. The second kappa shape index (κ2) is 8.99. The summed E-state index contributed by atoms with van der Waals surface area (Å²) in [6.45, 7) is 3.71. The van der Waals surface area contributed by atoms with Crippen LogP contribution in [0.25, 0.3) is 22.3 Å². The number of aromatic nitrogens is 3. The van der Waals surface area contributed by atoms with Crippen molar-refractivity contribution in [2.75, 3.05) is 20.2 Å². The molecule has 1 saturated carbocycles. The Kier molecular flexibility index (Phi) is 5.64. The molecule has 1 N–H and O–H groups in total. The molecule has 36 heavy (non-hydrogen) atoms. The van der Waals surface area contributed by atoms with E-state index in [9.17, 15) is 4.79 Å². The molecule has 0 spiro atoms. The van der Waals surface area contributed by atoms with E-state index in [1.54, 1.807) is 24.7 Å². The van der Waals surface area contributed by atoms with Crippen LogP contribution in [0.1, 0.15) is 40.7 Å². The number of carbonyl (C=O) groups excluding carboxylic acids is 1. The third-order valence-electron chi connectivity index (χ3n) is 7.50. The Labute approximate surface area is 210 Å². The second-order valence-corrected chi connectivity index (χ2v) is 9.91. The molecule has 1 aliphatic carbocycles. The lowest BCUT2D eigenvalue weighted by atomic mass is 9.95. The summed E-state index contributed by atoms with van der Waals surface area (Å²) < 4.78 is 6.04. The van der Waals surface area contributed by atoms with Gasteiger partial charge in [-0.1, -0.05) is 12.1 Å². The molecule has 0 radical (unpaired) electrons. The standard InChI is InChI=1S/C29H29N5O2/c1-19-6-7-22(36-18-21-8-14-34(21)2)17-24(19)28(35)33-29(9-10-29)25-15-20(27-31-12-4-13-32-27)16-26-23(25)5-3-11-30-26/h3-7,11-13,15-17,21H,8-10,14,18H2,1-2H3,(H,33,35). The van der Waals surface area contributed by atoms with E-state index in [1.807, 2.05) is 37.3 Å². The number of likely N-dealkylation sites (tertiary alicyclic amines) is 1. The highest BCUT2D eigenvalue weighted by atomic mass is 16.5. The van der Waals surface area contributed by atoms with Crippen LogP contribution in [0.4, 0.5) is 0 Å². The van der Waals surface area contributed by atoms with Crippen molar-refractivity contribution in [2.24, 2.45) is 0 Å². The van der Waals surface area contributed by atoms with Gasteiger partial charge in [0, 0.05) is 41.1 Å². The first kappa shape index (κ1) is 22.6. The van der Waals surface area contributed by atoms with Gasteiger partial charge >= 0.3 is 0 Å². The largest absolute Gasteiger partial charge is 0.492 e. The van der Waals surface area contributed by atoms with E-state index in [0.717, 1.165) is 59.2 Å². The molecule has 7 nitrogen and oxygen atoms in total. The summed E-state index contributed by atoms with van der Waals surface area (Å²) in [5.74, 6) is 1.29. The number of fused-ring (bicyclic) bond motifs is 1. The molecule has 1 saturated heterocycles. The highest BCUT2D eigenvalue weighted by Crippen LogP contribution is 2.49. The van der Waals surface area contributed by atoms with E-state index in [4.69, 9.17) is 4.74 Å². The van der Waals surface area contributed by atoms with Crippen LogP contribution in [-0.2, 0) is 5.54 Å². The molecule has 2 fully saturated rings. The summed E-state index contributed by atoms with van der Waals surface area (Å²) in [7, 11) is 2.11. The second-order valence-electron chi connectivity index (χ2n) is 9.91. The smallest absolute Gasteiger partial charge is 0.252 e. The average molecular weight is 480 g/mol. The summed E-state index contributed by atoms with van der Waals surface area (Å²) in [5.41, 5.74) is 3.94. The molecule has 1 aliphatic heterocycles. The number of benzene rings is 2. The molecule has 182 valence electrons. The number of pyridine rings is 1. The minimum Gasteiger partial charge on any atom is -0.492 e. The van der Waals surface area contributed by atoms with Gasteiger partial charge in [0.2, 0.25) is 0 Å². The minimum absolute atomic E-state index is 0.0883. The molecular weight excluding hydrogens is 450 g/mol. The summed E-state index contributed by atoms with van der Waals surface area (Å²) in [6.07, 6.45) is 8.14. The highest BCUT2D eigenvalue weighted by molar-refractivity contribution is 5.98. The number of nitrogens with one attached hydrogen (secondary N) is 1. The van der Waals surface area contributed by atoms with Gasteiger partial charge in [0.05, 0.1) is 11.1 Å². The van der Waals surface area contributed by atoms with Crippen LogP contribution < -0.4 is 10.1 Å². The fourth-order valence-electron chi connectivity index (χ4n) is 4.94. The Bertz CT molecular complexity index is 1430. The fraction of sp³-hybridized carbons (Fsp3) is 0.310. The van der Waals surface area contributed by atoms with Crippen LogP contribution in [0.3, 0.4) is 0 Å². The van der Waals surface area contributed by atoms with Crippen molar-refractivity contribution in [3.8, 4) is 17.1 Å². The van der Waals surface area contributed by atoms with Crippen molar-refractivity contribution in [2.45, 2.75) is 37.8 Å². The quantitative estimate of drug-likeness (QED) is 0.420. The Morgan fingerprint density at radius 1 is 1.08 bits per heavy atom.